The summed E-state index contributed by atoms with van der Waals surface area (Å²) in [4.78, 5) is 8.69. The van der Waals surface area contributed by atoms with Crippen LogP contribution in [0.2, 0.25) is 0 Å². The summed E-state index contributed by atoms with van der Waals surface area (Å²) in [7, 11) is 0. The molecule has 0 aliphatic carbocycles. The summed E-state index contributed by atoms with van der Waals surface area (Å²) < 4.78 is 9.77. The lowest BCUT2D eigenvalue weighted by Crippen LogP contribution is -2.08. The summed E-state index contributed by atoms with van der Waals surface area (Å²) in [6.07, 6.45) is 0. The highest BCUT2D eigenvalue weighted by Crippen LogP contribution is 2.56. The van der Waals surface area contributed by atoms with E-state index in [0.29, 0.717) is 11.4 Å². The van der Waals surface area contributed by atoms with E-state index in [9.17, 15) is 0 Å². The van der Waals surface area contributed by atoms with Crippen molar-refractivity contribution in [1.29, 1.82) is 0 Å². The number of para-hydroxylation sites is 2. The highest BCUT2D eigenvalue weighted by molar-refractivity contribution is 7.27. The number of benzene rings is 9. The molecule has 0 fully saturated rings. The van der Waals surface area contributed by atoms with E-state index in [1.54, 1.807) is 0 Å². The van der Waals surface area contributed by atoms with Crippen molar-refractivity contribution < 1.29 is 0 Å². The molecular formula is C56H30N4S2. The van der Waals surface area contributed by atoms with Gasteiger partial charge in [-0.15, -0.1) is 22.7 Å². The molecule has 0 atom stereocenters. The van der Waals surface area contributed by atoms with Gasteiger partial charge in [0.25, 0.3) is 0 Å². The first kappa shape index (κ1) is 34.8. The smallest absolute Gasteiger partial charge is 0.205 e. The first-order valence-corrected chi connectivity index (χ1v) is 22.1. The molecule has 0 aliphatic heterocycles. The van der Waals surface area contributed by atoms with E-state index in [1.807, 2.05) is 59.1 Å². The Balaban J connectivity index is 1.33. The zero-order valence-corrected chi connectivity index (χ0v) is 34.6. The molecule has 0 unspecified atom stereocenters. The van der Waals surface area contributed by atoms with Crippen LogP contribution in [0.4, 0.5) is 11.4 Å². The van der Waals surface area contributed by atoms with Crippen LogP contribution in [-0.2, 0) is 0 Å². The van der Waals surface area contributed by atoms with E-state index in [2.05, 4.69) is 164 Å². The number of thiophene rings is 2. The van der Waals surface area contributed by atoms with E-state index in [4.69, 9.17) is 13.1 Å². The molecule has 4 aromatic heterocycles. The van der Waals surface area contributed by atoms with Crippen molar-refractivity contribution >= 4 is 118 Å². The highest BCUT2D eigenvalue weighted by Gasteiger charge is 2.32. The maximum Gasteiger partial charge on any atom is 0.205 e. The van der Waals surface area contributed by atoms with Gasteiger partial charge in [0.05, 0.1) is 46.6 Å². The SMILES string of the molecule is [C-]#[N+]c1c([N+]#[C-])c(-c2ccccc2)c(-n2c3ccccc3c3c4sc5ccccc5c4ccc32)c(-n2c3ccccc3c3c4sc5ccccc5c4ccc32)c1-c1ccccc1. The summed E-state index contributed by atoms with van der Waals surface area (Å²) in [5.74, 6) is 0. The third-order valence-electron chi connectivity index (χ3n) is 12.6. The van der Waals surface area contributed by atoms with Gasteiger partial charge >= 0.3 is 0 Å². The Labute approximate surface area is 363 Å². The lowest BCUT2D eigenvalue weighted by Gasteiger charge is -2.26. The molecule has 0 spiro atoms. The Kier molecular flexibility index (Phi) is 7.44. The molecule has 4 nitrogen and oxygen atoms in total. The maximum absolute atomic E-state index is 8.97. The molecule has 6 heteroatoms. The molecule has 0 saturated heterocycles. The monoisotopic (exact) mass is 822 g/mol. The summed E-state index contributed by atoms with van der Waals surface area (Å²) in [6.45, 7) is 17.9. The van der Waals surface area contributed by atoms with Crippen molar-refractivity contribution in [3.63, 3.8) is 0 Å². The molecule has 0 bridgehead atoms. The van der Waals surface area contributed by atoms with E-state index < -0.39 is 0 Å². The molecule has 0 amide bonds. The van der Waals surface area contributed by atoms with Gasteiger partial charge in [0, 0.05) is 73.0 Å². The Bertz CT molecular complexity index is 3850. The first-order chi connectivity index (χ1) is 30.7. The van der Waals surface area contributed by atoms with Crippen LogP contribution in [0.1, 0.15) is 0 Å². The van der Waals surface area contributed by atoms with Crippen LogP contribution in [0.25, 0.3) is 127 Å². The molecule has 0 aliphatic rings. The van der Waals surface area contributed by atoms with Gasteiger partial charge < -0.3 is 9.13 Å². The topological polar surface area (TPSA) is 18.6 Å². The van der Waals surface area contributed by atoms with Gasteiger partial charge in [-0.3, -0.25) is 0 Å². The minimum Gasteiger partial charge on any atom is -0.308 e. The van der Waals surface area contributed by atoms with Crippen LogP contribution in [0, 0.1) is 13.1 Å². The van der Waals surface area contributed by atoms with Gasteiger partial charge in [0.15, 0.2) is 0 Å². The first-order valence-electron chi connectivity index (χ1n) is 20.5. The number of hydrogen-bond acceptors (Lipinski definition) is 2. The number of hydrogen-bond donors (Lipinski definition) is 0. The van der Waals surface area contributed by atoms with Gasteiger partial charge in [-0.25, -0.2) is 9.69 Å². The quantitative estimate of drug-likeness (QED) is 0.158. The van der Waals surface area contributed by atoms with Gasteiger partial charge in [-0.1, -0.05) is 146 Å². The molecular weight excluding hydrogens is 793 g/mol. The van der Waals surface area contributed by atoms with Gasteiger partial charge in [0.2, 0.25) is 11.4 Å². The third-order valence-corrected chi connectivity index (χ3v) is 15.0. The van der Waals surface area contributed by atoms with Crippen LogP contribution in [0.5, 0.6) is 0 Å². The lowest BCUT2D eigenvalue weighted by atomic mass is 9.91. The van der Waals surface area contributed by atoms with Crippen LogP contribution < -0.4 is 0 Å². The predicted molar refractivity (Wildman–Crippen MR) is 264 cm³/mol. The second-order valence-corrected chi connectivity index (χ2v) is 17.8. The Morgan fingerprint density at radius 3 is 1.13 bits per heavy atom. The molecule has 62 heavy (non-hydrogen) atoms. The van der Waals surface area contributed by atoms with Gasteiger partial charge in [-0.2, -0.15) is 0 Å². The molecule has 4 heterocycles. The van der Waals surface area contributed by atoms with E-state index in [1.165, 1.54) is 51.1 Å². The van der Waals surface area contributed by atoms with Crippen molar-refractivity contribution in [2.75, 3.05) is 0 Å². The van der Waals surface area contributed by atoms with Gasteiger partial charge in [0.1, 0.15) is 0 Å². The van der Waals surface area contributed by atoms with Crippen LogP contribution in [0.15, 0.2) is 182 Å². The number of rotatable bonds is 4. The fraction of sp³-hybridized carbons (Fsp3) is 0. The Morgan fingerprint density at radius 2 is 0.710 bits per heavy atom. The number of fused-ring (bicyclic) bond motifs is 14. The molecule has 0 N–H and O–H groups in total. The minimum atomic E-state index is 0.338. The fourth-order valence-corrected chi connectivity index (χ4v) is 12.6. The second kappa shape index (κ2) is 13.3. The molecule has 9 aromatic carbocycles. The van der Waals surface area contributed by atoms with Crippen molar-refractivity contribution in [2.45, 2.75) is 0 Å². The summed E-state index contributed by atoms with van der Waals surface area (Å²) in [5.41, 5.74) is 9.76. The summed E-state index contributed by atoms with van der Waals surface area (Å²) >= 11 is 3.66. The summed E-state index contributed by atoms with van der Waals surface area (Å²) in [6, 6.07) is 64.2. The van der Waals surface area contributed by atoms with Gasteiger partial charge in [-0.05, 0) is 47.5 Å². The van der Waals surface area contributed by atoms with Crippen LogP contribution >= 0.6 is 22.7 Å². The maximum atomic E-state index is 8.97. The molecule has 13 aromatic rings. The second-order valence-electron chi connectivity index (χ2n) is 15.7. The van der Waals surface area contributed by atoms with Crippen LogP contribution in [-0.4, -0.2) is 9.13 Å². The average molecular weight is 823 g/mol. The van der Waals surface area contributed by atoms with E-state index in [-0.39, 0.29) is 0 Å². The zero-order valence-electron chi connectivity index (χ0n) is 32.9. The minimum absolute atomic E-state index is 0.338. The standard InChI is InChI=1S/C56H30N4S2/c1-57-51-47(33-17-5-3-6-18-33)53(59-41-25-13-9-23-39(41)49-43(59)31-29-37-35-21-11-15-27-45(35)61-55(37)49)54(48(52(51)58-2)34-19-7-4-8-20-34)60-42-26-14-10-24-40(42)50-44(60)32-30-38-36-22-12-16-28-46(36)62-56(38)50/h3-32H. The Hall–Kier alpha value is -8.00. The molecule has 0 saturated carbocycles. The summed E-state index contributed by atoms with van der Waals surface area (Å²) in [5, 5.41) is 9.59. The molecule has 13 rings (SSSR count). The fourth-order valence-electron chi connectivity index (χ4n) is 10.1. The predicted octanol–water partition coefficient (Wildman–Crippen LogP) is 17.1. The number of nitrogens with zero attached hydrogens (tertiary/aromatic N) is 4. The molecule has 0 radical (unpaired) electrons. The zero-order chi connectivity index (χ0) is 41.1. The van der Waals surface area contributed by atoms with Crippen molar-refractivity contribution in [1.82, 2.24) is 9.13 Å². The normalized spacial score (nSPS) is 11.8. The van der Waals surface area contributed by atoms with Crippen molar-refractivity contribution in [3.05, 3.63) is 205 Å². The largest absolute Gasteiger partial charge is 0.308 e. The average Bonchev–Trinajstić information content (AvgIpc) is 4.09. The van der Waals surface area contributed by atoms with Crippen molar-refractivity contribution in [2.24, 2.45) is 0 Å². The third kappa shape index (κ3) is 4.68. The van der Waals surface area contributed by atoms with Crippen LogP contribution in [0.3, 0.4) is 0 Å². The Morgan fingerprint density at radius 1 is 0.339 bits per heavy atom. The highest BCUT2D eigenvalue weighted by atomic mass is 32.1. The van der Waals surface area contributed by atoms with E-state index >= 15 is 0 Å². The number of aromatic nitrogens is 2. The molecule has 286 valence electrons. The lowest BCUT2D eigenvalue weighted by molar-refractivity contribution is 1.10. The van der Waals surface area contributed by atoms with E-state index in [0.717, 1.165) is 66.5 Å². The van der Waals surface area contributed by atoms with Crippen molar-refractivity contribution in [3.8, 4) is 33.6 Å².